The summed E-state index contributed by atoms with van der Waals surface area (Å²) in [6.45, 7) is 4.10. The molecule has 0 saturated heterocycles. The van der Waals surface area contributed by atoms with Gasteiger partial charge in [-0.3, -0.25) is 0 Å². The first-order valence-electron chi connectivity index (χ1n) is 9.82. The molecule has 0 radical (unpaired) electrons. The molecule has 134 valence electrons. The molecule has 1 fully saturated rings. The molecule has 2 aromatic rings. The number of rotatable bonds is 8. The maximum absolute atomic E-state index is 6.11. The van der Waals surface area contributed by atoms with E-state index in [-0.39, 0.29) is 0 Å². The van der Waals surface area contributed by atoms with E-state index in [0.29, 0.717) is 6.04 Å². The third kappa shape index (κ3) is 5.61. The number of ether oxygens (including phenoxy) is 1. The molecule has 3 rings (SSSR count). The van der Waals surface area contributed by atoms with Crippen LogP contribution in [-0.4, -0.2) is 13.2 Å². The molecular weight excluding hydrogens is 306 g/mol. The van der Waals surface area contributed by atoms with Crippen LogP contribution in [0, 0.1) is 5.92 Å². The van der Waals surface area contributed by atoms with Gasteiger partial charge in [0.1, 0.15) is 5.75 Å². The van der Waals surface area contributed by atoms with Crippen molar-refractivity contribution in [2.45, 2.75) is 51.5 Å². The molecule has 0 aromatic heterocycles. The van der Waals surface area contributed by atoms with Crippen LogP contribution in [0.3, 0.4) is 0 Å². The van der Waals surface area contributed by atoms with Crippen molar-refractivity contribution in [2.75, 3.05) is 13.2 Å². The topological polar surface area (TPSA) is 21.3 Å². The number of nitrogens with one attached hydrogen (secondary N) is 1. The van der Waals surface area contributed by atoms with E-state index < -0.39 is 0 Å². The minimum atomic E-state index is 0.329. The first kappa shape index (κ1) is 18.0. The van der Waals surface area contributed by atoms with Crippen molar-refractivity contribution in [3.05, 3.63) is 65.7 Å². The predicted molar refractivity (Wildman–Crippen MR) is 105 cm³/mol. The highest BCUT2D eigenvalue weighted by molar-refractivity contribution is 5.35. The Morgan fingerprint density at radius 2 is 1.68 bits per heavy atom. The second-order valence-electron chi connectivity index (χ2n) is 7.26. The number of hydrogen-bond acceptors (Lipinski definition) is 2. The molecule has 0 heterocycles. The minimum absolute atomic E-state index is 0.329. The molecule has 1 atom stereocenters. The predicted octanol–water partition coefficient (Wildman–Crippen LogP) is 5.54. The highest BCUT2D eigenvalue weighted by Gasteiger charge is 2.16. The normalized spacial score (nSPS) is 16.5. The average Bonchev–Trinajstić information content (AvgIpc) is 2.68. The summed E-state index contributed by atoms with van der Waals surface area (Å²) in [7, 11) is 0. The van der Waals surface area contributed by atoms with Crippen molar-refractivity contribution in [1.29, 1.82) is 0 Å². The molecule has 1 N–H and O–H groups in total. The van der Waals surface area contributed by atoms with E-state index in [1.54, 1.807) is 0 Å². The van der Waals surface area contributed by atoms with Crippen molar-refractivity contribution >= 4 is 0 Å². The van der Waals surface area contributed by atoms with E-state index in [1.165, 1.54) is 43.2 Å². The summed E-state index contributed by atoms with van der Waals surface area (Å²) in [4.78, 5) is 0. The van der Waals surface area contributed by atoms with Crippen molar-refractivity contribution < 1.29 is 4.74 Å². The molecule has 2 heteroatoms. The lowest BCUT2D eigenvalue weighted by Gasteiger charge is -2.25. The van der Waals surface area contributed by atoms with Crippen molar-refractivity contribution in [3.8, 4) is 5.75 Å². The van der Waals surface area contributed by atoms with Crippen LogP contribution in [0.2, 0.25) is 0 Å². The highest BCUT2D eigenvalue weighted by Crippen LogP contribution is 2.27. The Hall–Kier alpha value is -1.80. The van der Waals surface area contributed by atoms with Crippen molar-refractivity contribution in [3.63, 3.8) is 0 Å². The fraction of sp³-hybridized carbons (Fsp3) is 0.478. The monoisotopic (exact) mass is 337 g/mol. The third-order valence-electron chi connectivity index (χ3n) is 5.31. The molecular formula is C23H31NO. The quantitative estimate of drug-likeness (QED) is 0.683. The Bertz CT molecular complexity index is 619. The second kappa shape index (κ2) is 9.62. The molecule has 2 aromatic carbocycles. The van der Waals surface area contributed by atoms with Crippen LogP contribution in [0.1, 0.15) is 56.2 Å². The zero-order valence-electron chi connectivity index (χ0n) is 15.4. The fourth-order valence-electron chi connectivity index (χ4n) is 3.74. The van der Waals surface area contributed by atoms with E-state index in [0.717, 1.165) is 31.2 Å². The lowest BCUT2D eigenvalue weighted by molar-refractivity contribution is 0.308. The maximum atomic E-state index is 6.11. The lowest BCUT2D eigenvalue weighted by Crippen LogP contribution is -2.27. The summed E-state index contributed by atoms with van der Waals surface area (Å²) in [6.07, 6.45) is 7.94. The first-order chi connectivity index (χ1) is 12.3. The second-order valence-corrected chi connectivity index (χ2v) is 7.26. The number of para-hydroxylation sites is 1. The highest BCUT2D eigenvalue weighted by atomic mass is 16.5. The summed E-state index contributed by atoms with van der Waals surface area (Å²) in [5.41, 5.74) is 2.59. The molecule has 0 amide bonds. The summed E-state index contributed by atoms with van der Waals surface area (Å²) in [6, 6.07) is 19.3. The molecule has 1 aliphatic carbocycles. The average molecular weight is 338 g/mol. The Balaban J connectivity index is 1.52. The van der Waals surface area contributed by atoms with E-state index in [2.05, 4.69) is 66.8 Å². The van der Waals surface area contributed by atoms with Gasteiger partial charge in [-0.2, -0.15) is 0 Å². The van der Waals surface area contributed by atoms with Gasteiger partial charge in [-0.25, -0.2) is 0 Å². The van der Waals surface area contributed by atoms with Crippen molar-refractivity contribution in [2.24, 2.45) is 5.92 Å². The largest absolute Gasteiger partial charge is 0.493 e. The van der Waals surface area contributed by atoms with Crippen LogP contribution in [0.15, 0.2) is 54.6 Å². The van der Waals surface area contributed by atoms with Gasteiger partial charge < -0.3 is 10.1 Å². The van der Waals surface area contributed by atoms with Crippen LogP contribution >= 0.6 is 0 Å². The summed E-state index contributed by atoms with van der Waals surface area (Å²) >= 11 is 0. The Morgan fingerprint density at radius 3 is 2.48 bits per heavy atom. The van der Waals surface area contributed by atoms with Crippen LogP contribution in [0.25, 0.3) is 0 Å². The Kier molecular flexibility index (Phi) is 6.93. The Morgan fingerprint density at radius 1 is 0.960 bits per heavy atom. The zero-order chi connectivity index (χ0) is 17.3. The summed E-state index contributed by atoms with van der Waals surface area (Å²) in [5, 5.41) is 3.74. The zero-order valence-corrected chi connectivity index (χ0v) is 15.4. The smallest absolute Gasteiger partial charge is 0.124 e. The molecule has 0 aliphatic heterocycles. The molecule has 2 nitrogen and oxygen atoms in total. The van der Waals surface area contributed by atoms with Crippen LogP contribution in [0.5, 0.6) is 5.75 Å². The standard InChI is InChI=1S/C23H31NO/c1-19(24-18-21-12-6-3-7-13-21)22-14-8-9-15-23(22)25-17-16-20-10-4-2-5-11-20/h2,4-5,8-11,14-15,19,21,24H,3,6-7,12-13,16-18H2,1H3. The molecule has 0 bridgehead atoms. The molecule has 1 saturated carbocycles. The van der Waals surface area contributed by atoms with Crippen LogP contribution < -0.4 is 10.1 Å². The van der Waals surface area contributed by atoms with E-state index in [4.69, 9.17) is 4.74 Å². The fourth-order valence-corrected chi connectivity index (χ4v) is 3.74. The van der Waals surface area contributed by atoms with Gasteiger partial charge in [0, 0.05) is 18.0 Å². The SMILES string of the molecule is CC(NCC1CCCCC1)c1ccccc1OCCc1ccccc1. The van der Waals surface area contributed by atoms with Gasteiger partial charge >= 0.3 is 0 Å². The van der Waals surface area contributed by atoms with Crippen LogP contribution in [0.4, 0.5) is 0 Å². The maximum Gasteiger partial charge on any atom is 0.124 e. The number of hydrogen-bond donors (Lipinski definition) is 1. The van der Waals surface area contributed by atoms with Gasteiger partial charge in [0.15, 0.2) is 0 Å². The van der Waals surface area contributed by atoms with Gasteiger partial charge in [0.2, 0.25) is 0 Å². The van der Waals surface area contributed by atoms with Crippen molar-refractivity contribution in [1.82, 2.24) is 5.32 Å². The van der Waals surface area contributed by atoms with Gasteiger partial charge in [-0.15, -0.1) is 0 Å². The van der Waals surface area contributed by atoms with Gasteiger partial charge in [0.25, 0.3) is 0 Å². The van der Waals surface area contributed by atoms with Gasteiger partial charge in [0.05, 0.1) is 6.61 Å². The summed E-state index contributed by atoms with van der Waals surface area (Å²) < 4.78 is 6.11. The van der Waals surface area contributed by atoms with E-state index in [1.807, 2.05) is 0 Å². The van der Waals surface area contributed by atoms with Gasteiger partial charge in [-0.1, -0.05) is 67.8 Å². The third-order valence-corrected chi connectivity index (χ3v) is 5.31. The first-order valence-corrected chi connectivity index (χ1v) is 9.82. The minimum Gasteiger partial charge on any atom is -0.493 e. The van der Waals surface area contributed by atoms with Gasteiger partial charge in [-0.05, 0) is 43.9 Å². The lowest BCUT2D eigenvalue weighted by atomic mass is 9.89. The summed E-state index contributed by atoms with van der Waals surface area (Å²) in [5.74, 6) is 1.87. The van der Waals surface area contributed by atoms with Crippen LogP contribution in [-0.2, 0) is 6.42 Å². The molecule has 1 unspecified atom stereocenters. The molecule has 25 heavy (non-hydrogen) atoms. The molecule has 1 aliphatic rings. The van der Waals surface area contributed by atoms with E-state index >= 15 is 0 Å². The Labute approximate surface area is 152 Å². The number of benzene rings is 2. The molecule has 0 spiro atoms. The van der Waals surface area contributed by atoms with E-state index in [9.17, 15) is 0 Å².